The Balaban J connectivity index is 1.36. The van der Waals surface area contributed by atoms with E-state index in [1.54, 1.807) is 25.4 Å². The van der Waals surface area contributed by atoms with Crippen molar-refractivity contribution in [2.24, 2.45) is 5.92 Å². The van der Waals surface area contributed by atoms with Crippen molar-refractivity contribution in [1.29, 1.82) is 0 Å². The fourth-order valence-corrected chi connectivity index (χ4v) is 7.08. The molecular formula is C33H36N8O5S2. The number of aromatic nitrogens is 4. The molecule has 3 atom stereocenters. The first-order valence-electron chi connectivity index (χ1n) is 15.6. The van der Waals surface area contributed by atoms with E-state index < -0.39 is 35.8 Å². The van der Waals surface area contributed by atoms with Crippen LogP contribution < -0.4 is 16.0 Å². The summed E-state index contributed by atoms with van der Waals surface area (Å²) in [6, 6.07) is 7.84. The van der Waals surface area contributed by atoms with Gasteiger partial charge in [-0.25, -0.2) is 15.0 Å². The van der Waals surface area contributed by atoms with E-state index in [2.05, 4.69) is 30.9 Å². The summed E-state index contributed by atoms with van der Waals surface area (Å²) in [5.41, 5.74) is 1.79. The van der Waals surface area contributed by atoms with Gasteiger partial charge in [-0.1, -0.05) is 44.2 Å². The summed E-state index contributed by atoms with van der Waals surface area (Å²) in [6.45, 7) is 6.96. The van der Waals surface area contributed by atoms with E-state index >= 15 is 0 Å². The van der Waals surface area contributed by atoms with Crippen molar-refractivity contribution in [3.63, 3.8) is 0 Å². The van der Waals surface area contributed by atoms with Gasteiger partial charge in [-0.05, 0) is 31.7 Å². The molecule has 0 aliphatic carbocycles. The van der Waals surface area contributed by atoms with Crippen molar-refractivity contribution < 1.29 is 23.6 Å². The first-order valence-corrected chi connectivity index (χ1v) is 17.4. The Labute approximate surface area is 284 Å². The summed E-state index contributed by atoms with van der Waals surface area (Å²) in [7, 11) is 0. The summed E-state index contributed by atoms with van der Waals surface area (Å²) in [5, 5.41) is 13.0. The van der Waals surface area contributed by atoms with Crippen molar-refractivity contribution in [3.05, 3.63) is 92.8 Å². The highest BCUT2D eigenvalue weighted by atomic mass is 32.1. The number of nitrogens with zero attached hydrogens (tertiary/aromatic N) is 5. The summed E-state index contributed by atoms with van der Waals surface area (Å²) >= 11 is 2.71. The van der Waals surface area contributed by atoms with Crippen LogP contribution in [0.3, 0.4) is 0 Å². The molecule has 250 valence electrons. The molecular weight excluding hydrogens is 653 g/mol. The van der Waals surface area contributed by atoms with Crippen LogP contribution in [0.25, 0.3) is 4.96 Å². The first-order chi connectivity index (χ1) is 23.0. The number of aryl methyl sites for hydroxylation is 1. The predicted molar refractivity (Wildman–Crippen MR) is 180 cm³/mol. The molecule has 5 heterocycles. The van der Waals surface area contributed by atoms with E-state index in [1.807, 2.05) is 60.2 Å². The number of hydrogen-bond donors (Lipinski definition) is 3. The molecule has 0 saturated heterocycles. The fraction of sp³-hybridized carbons (Fsp3) is 0.364. The number of carbonyl (C=O) groups excluding carboxylic acids is 4. The van der Waals surface area contributed by atoms with Crippen molar-refractivity contribution in [2.75, 3.05) is 13.1 Å². The van der Waals surface area contributed by atoms with Crippen LogP contribution in [0.15, 0.2) is 57.9 Å². The van der Waals surface area contributed by atoms with Gasteiger partial charge in [0.2, 0.25) is 17.7 Å². The van der Waals surface area contributed by atoms with Crippen LogP contribution in [0.5, 0.6) is 0 Å². The molecule has 48 heavy (non-hydrogen) atoms. The maximum absolute atomic E-state index is 14.0. The standard InChI is InChI=1S/C33H36N8O5S2/c1-18(2)27-31-39-28(20(4)46-31)30(45)34-19(3)32-37-24(17-48-32)29(44)35-22(12-21-8-6-5-7-9-21)15-41(16-25(42)38-27)26(43)13-23-14-40-10-11-47-33(40)36-23/h5-11,14,17-19,22,27H,12-13,15-16H2,1-4H3,(H,34,45)(H,35,44)(H,38,42)/t19-,22-,27+/m1/s1. The van der Waals surface area contributed by atoms with Gasteiger partial charge in [0.05, 0.1) is 30.7 Å². The third-order valence-corrected chi connectivity index (χ3v) is 9.81. The SMILES string of the molecule is Cc1oc2nc1C(=O)N[C@H](C)c1nc(cs1)C(=O)N[C@H](Cc1ccccc1)CN(C(=O)Cc1cn3ccsc3n1)CC(=O)N[C@H]2C(C)C. The molecule has 0 saturated carbocycles. The molecule has 1 aromatic carbocycles. The quantitative estimate of drug-likeness (QED) is 0.251. The summed E-state index contributed by atoms with van der Waals surface area (Å²) < 4.78 is 7.76. The van der Waals surface area contributed by atoms with Crippen LogP contribution >= 0.6 is 22.7 Å². The molecule has 13 nitrogen and oxygen atoms in total. The molecule has 15 heteroatoms. The summed E-state index contributed by atoms with van der Waals surface area (Å²) in [6.07, 6.45) is 4.02. The Morgan fingerprint density at radius 2 is 1.83 bits per heavy atom. The van der Waals surface area contributed by atoms with E-state index in [-0.39, 0.29) is 48.6 Å². The van der Waals surface area contributed by atoms with Crippen molar-refractivity contribution in [2.45, 2.75) is 58.7 Å². The van der Waals surface area contributed by atoms with Gasteiger partial charge in [0.25, 0.3) is 11.8 Å². The lowest BCUT2D eigenvalue weighted by atomic mass is 10.0. The number of fused-ring (bicyclic) bond motifs is 5. The van der Waals surface area contributed by atoms with Gasteiger partial charge in [-0.15, -0.1) is 22.7 Å². The number of imidazole rings is 1. The second-order valence-corrected chi connectivity index (χ2v) is 13.9. The number of nitrogens with one attached hydrogen (secondary N) is 3. The molecule has 3 N–H and O–H groups in total. The third-order valence-electron chi connectivity index (χ3n) is 8.01. The van der Waals surface area contributed by atoms with Gasteiger partial charge in [-0.3, -0.25) is 23.6 Å². The molecule has 4 aromatic heterocycles. The molecule has 6 rings (SSSR count). The lowest BCUT2D eigenvalue weighted by molar-refractivity contribution is -0.136. The zero-order valence-electron chi connectivity index (χ0n) is 26.9. The van der Waals surface area contributed by atoms with E-state index in [0.717, 1.165) is 10.5 Å². The first kappa shape index (κ1) is 33.0. The normalized spacial score (nSPS) is 19.5. The molecule has 4 amide bonds. The minimum atomic E-state index is -0.674. The van der Waals surface area contributed by atoms with E-state index in [0.29, 0.717) is 22.9 Å². The van der Waals surface area contributed by atoms with Crippen LogP contribution in [0.4, 0.5) is 0 Å². The highest BCUT2D eigenvalue weighted by Gasteiger charge is 2.31. The molecule has 0 spiro atoms. The predicted octanol–water partition coefficient (Wildman–Crippen LogP) is 3.88. The number of oxazole rings is 1. The molecule has 1 aliphatic rings. The lowest BCUT2D eigenvalue weighted by Gasteiger charge is -2.29. The van der Waals surface area contributed by atoms with Crippen LogP contribution in [0.1, 0.15) is 81.7 Å². The Bertz CT molecular complexity index is 1920. The summed E-state index contributed by atoms with van der Waals surface area (Å²) in [5.74, 6) is -1.34. The van der Waals surface area contributed by atoms with Gasteiger partial charge in [0.15, 0.2) is 10.7 Å². The molecule has 0 unspecified atom stereocenters. The minimum Gasteiger partial charge on any atom is -0.443 e. The maximum Gasteiger partial charge on any atom is 0.274 e. The fourth-order valence-electron chi connectivity index (χ4n) is 5.55. The molecule has 5 aromatic rings. The van der Waals surface area contributed by atoms with Gasteiger partial charge in [0.1, 0.15) is 22.5 Å². The number of amides is 4. The Morgan fingerprint density at radius 3 is 2.58 bits per heavy atom. The van der Waals surface area contributed by atoms with Gasteiger partial charge < -0.3 is 25.3 Å². The highest BCUT2D eigenvalue weighted by molar-refractivity contribution is 7.15. The zero-order chi connectivity index (χ0) is 33.9. The largest absolute Gasteiger partial charge is 0.443 e. The van der Waals surface area contributed by atoms with Crippen molar-refractivity contribution in [3.8, 4) is 0 Å². The average Bonchev–Trinajstić information content (AvgIpc) is 3.84. The number of thiazole rings is 2. The number of carbonyl (C=O) groups is 4. The second kappa shape index (κ2) is 14.1. The van der Waals surface area contributed by atoms with Crippen LogP contribution in [0.2, 0.25) is 0 Å². The summed E-state index contributed by atoms with van der Waals surface area (Å²) in [4.78, 5) is 70.2. The Kier molecular flexibility index (Phi) is 9.68. The Morgan fingerprint density at radius 1 is 1.04 bits per heavy atom. The molecule has 0 radical (unpaired) electrons. The topological polar surface area (TPSA) is 164 Å². The molecule has 1 aliphatic heterocycles. The second-order valence-electron chi connectivity index (χ2n) is 12.1. The average molecular weight is 689 g/mol. The number of hydrogen-bond acceptors (Lipinski definition) is 10. The van der Waals surface area contributed by atoms with Crippen LogP contribution in [-0.4, -0.2) is 67.0 Å². The lowest BCUT2D eigenvalue weighted by Crippen LogP contribution is -2.50. The van der Waals surface area contributed by atoms with Gasteiger partial charge >= 0.3 is 0 Å². The number of benzene rings is 1. The highest BCUT2D eigenvalue weighted by Crippen LogP contribution is 2.25. The minimum absolute atomic E-state index is 0.0357. The van der Waals surface area contributed by atoms with E-state index in [1.165, 1.54) is 27.6 Å². The van der Waals surface area contributed by atoms with Crippen LogP contribution in [-0.2, 0) is 22.4 Å². The van der Waals surface area contributed by atoms with Gasteiger partial charge in [0, 0.05) is 29.7 Å². The maximum atomic E-state index is 14.0. The van der Waals surface area contributed by atoms with Gasteiger partial charge in [-0.2, -0.15) is 0 Å². The number of rotatable bonds is 5. The van der Waals surface area contributed by atoms with E-state index in [4.69, 9.17) is 4.42 Å². The monoisotopic (exact) mass is 688 g/mol. The zero-order valence-corrected chi connectivity index (χ0v) is 28.6. The van der Waals surface area contributed by atoms with Crippen molar-refractivity contribution >= 4 is 51.3 Å². The Hall–Kier alpha value is -4.89. The van der Waals surface area contributed by atoms with Crippen LogP contribution in [0, 0.1) is 12.8 Å². The molecule has 4 bridgehead atoms. The smallest absolute Gasteiger partial charge is 0.274 e. The van der Waals surface area contributed by atoms with E-state index in [9.17, 15) is 19.2 Å². The third kappa shape index (κ3) is 7.47. The van der Waals surface area contributed by atoms with Crippen molar-refractivity contribution in [1.82, 2.24) is 40.2 Å². The molecule has 0 fully saturated rings.